The van der Waals surface area contributed by atoms with Gasteiger partial charge in [0.15, 0.2) is 6.29 Å². The molecule has 0 aliphatic carbocycles. The van der Waals surface area contributed by atoms with Crippen molar-refractivity contribution in [3.8, 4) is 0 Å². The van der Waals surface area contributed by atoms with Gasteiger partial charge in [-0.2, -0.15) is 0 Å². The lowest BCUT2D eigenvalue weighted by molar-refractivity contribution is -0.0886. The molecule has 0 aliphatic heterocycles. The van der Waals surface area contributed by atoms with E-state index < -0.39 is 18.0 Å². The fraction of sp³-hybridized carbons (Fsp3) is 1.00. The first-order chi connectivity index (χ1) is 14.5. The second-order valence-electron chi connectivity index (χ2n) is 10.4. The minimum absolute atomic E-state index is 0.378. The molecule has 31 heavy (non-hydrogen) atoms. The molecular formula is C26H56O5. The molecule has 4 unspecified atom stereocenters. The van der Waals surface area contributed by atoms with Gasteiger partial charge in [0, 0.05) is 0 Å². The van der Waals surface area contributed by atoms with Crippen LogP contribution in [0.15, 0.2) is 0 Å². The molecule has 0 radical (unpaired) electrons. The summed E-state index contributed by atoms with van der Waals surface area (Å²) in [5, 5.41) is 45.2. The fourth-order valence-corrected chi connectivity index (χ4v) is 3.73. The molecule has 5 N–H and O–H groups in total. The largest absolute Gasteiger partial charge is 0.394 e. The van der Waals surface area contributed by atoms with Crippen LogP contribution in [0.4, 0.5) is 0 Å². The Labute approximate surface area is 193 Å². The quantitative estimate of drug-likeness (QED) is 0.143. The molecular weight excluding hydrogens is 392 g/mol. The van der Waals surface area contributed by atoms with E-state index in [4.69, 9.17) is 15.3 Å². The second-order valence-corrected chi connectivity index (χ2v) is 10.4. The van der Waals surface area contributed by atoms with Gasteiger partial charge < -0.3 is 25.5 Å². The number of aliphatic hydroxyl groups is 5. The van der Waals surface area contributed by atoms with E-state index in [1.165, 1.54) is 38.5 Å². The number of aliphatic hydroxyl groups excluding tert-OH is 3. The highest BCUT2D eigenvalue weighted by Crippen LogP contribution is 2.24. The van der Waals surface area contributed by atoms with E-state index in [9.17, 15) is 10.2 Å². The second kappa shape index (κ2) is 20.4. The molecule has 5 heteroatoms. The van der Waals surface area contributed by atoms with Crippen LogP contribution >= 0.6 is 0 Å². The van der Waals surface area contributed by atoms with Gasteiger partial charge in [-0.05, 0) is 43.9 Å². The lowest BCUT2D eigenvalue weighted by atomic mass is 9.88. The van der Waals surface area contributed by atoms with Crippen molar-refractivity contribution in [1.29, 1.82) is 0 Å². The maximum Gasteiger partial charge on any atom is 0.151 e. The van der Waals surface area contributed by atoms with Crippen molar-refractivity contribution in [2.45, 2.75) is 143 Å². The van der Waals surface area contributed by atoms with E-state index in [0.717, 1.165) is 43.9 Å². The molecule has 0 saturated heterocycles. The Morgan fingerprint density at radius 2 is 1.16 bits per heavy atom. The molecule has 0 aromatic carbocycles. The molecule has 0 amide bonds. The molecule has 0 saturated carbocycles. The zero-order valence-corrected chi connectivity index (χ0v) is 21.5. The first kappa shape index (κ1) is 33.0. The predicted octanol–water partition coefficient (Wildman–Crippen LogP) is 5.41. The monoisotopic (exact) mass is 448 g/mol. The van der Waals surface area contributed by atoms with Crippen LogP contribution in [-0.2, 0) is 0 Å². The molecule has 0 heterocycles. The van der Waals surface area contributed by atoms with Gasteiger partial charge in [0.2, 0.25) is 0 Å². The smallest absolute Gasteiger partial charge is 0.151 e. The molecule has 0 aromatic rings. The topological polar surface area (TPSA) is 101 Å². The Balaban J connectivity index is 0. The third-order valence-corrected chi connectivity index (χ3v) is 6.21. The van der Waals surface area contributed by atoms with Crippen molar-refractivity contribution in [1.82, 2.24) is 0 Å². The fourth-order valence-electron chi connectivity index (χ4n) is 3.73. The Kier molecular flexibility index (Phi) is 21.7. The van der Waals surface area contributed by atoms with E-state index in [-0.39, 0.29) is 6.61 Å². The van der Waals surface area contributed by atoms with Crippen LogP contribution in [0.2, 0.25) is 0 Å². The Hall–Kier alpha value is -0.200. The summed E-state index contributed by atoms with van der Waals surface area (Å²) in [4.78, 5) is 0. The molecule has 0 bridgehead atoms. The predicted molar refractivity (Wildman–Crippen MR) is 131 cm³/mol. The van der Waals surface area contributed by atoms with Crippen molar-refractivity contribution in [2.75, 3.05) is 6.61 Å². The molecule has 190 valence electrons. The number of hydrogen-bond donors (Lipinski definition) is 5. The highest BCUT2D eigenvalue weighted by molar-refractivity contribution is 4.81. The summed E-state index contributed by atoms with van der Waals surface area (Å²) >= 11 is 0. The van der Waals surface area contributed by atoms with Crippen LogP contribution < -0.4 is 0 Å². The van der Waals surface area contributed by atoms with Gasteiger partial charge in [-0.3, -0.25) is 0 Å². The SMILES string of the molecule is CC(C)CCCC(C)CCCC(C)CCCC(C)(O)C(O)CO.CCCCCC(O)O. The van der Waals surface area contributed by atoms with Gasteiger partial charge in [-0.15, -0.1) is 0 Å². The number of hydrogen-bond acceptors (Lipinski definition) is 5. The van der Waals surface area contributed by atoms with Crippen LogP contribution in [0, 0.1) is 17.8 Å². The van der Waals surface area contributed by atoms with E-state index in [1.54, 1.807) is 6.92 Å². The normalized spacial score (nSPS) is 16.5. The minimum Gasteiger partial charge on any atom is -0.394 e. The Morgan fingerprint density at radius 3 is 1.58 bits per heavy atom. The molecule has 0 spiro atoms. The number of unbranched alkanes of at least 4 members (excludes halogenated alkanes) is 2. The van der Waals surface area contributed by atoms with Crippen molar-refractivity contribution < 1.29 is 25.5 Å². The van der Waals surface area contributed by atoms with Crippen LogP contribution in [-0.4, -0.2) is 50.1 Å². The van der Waals surface area contributed by atoms with Crippen molar-refractivity contribution in [2.24, 2.45) is 17.8 Å². The van der Waals surface area contributed by atoms with Crippen molar-refractivity contribution in [3.63, 3.8) is 0 Å². The first-order valence-electron chi connectivity index (χ1n) is 12.8. The molecule has 0 rings (SSSR count). The molecule has 4 atom stereocenters. The highest BCUT2D eigenvalue weighted by atomic mass is 16.5. The van der Waals surface area contributed by atoms with E-state index in [2.05, 4.69) is 34.6 Å². The average Bonchev–Trinajstić information content (AvgIpc) is 2.67. The van der Waals surface area contributed by atoms with E-state index >= 15 is 0 Å². The van der Waals surface area contributed by atoms with Gasteiger partial charge in [0.1, 0.15) is 6.10 Å². The summed E-state index contributed by atoms with van der Waals surface area (Å²) in [7, 11) is 0. The minimum atomic E-state index is -1.17. The molecule has 0 aromatic heterocycles. The lowest BCUT2D eigenvalue weighted by Gasteiger charge is -2.28. The van der Waals surface area contributed by atoms with Gasteiger partial charge >= 0.3 is 0 Å². The standard InChI is InChI=1S/C20H42O3.C6H14O2/c1-16(2)9-6-10-17(3)11-7-12-18(4)13-8-14-20(5,23)19(22)15-21;1-2-3-4-5-6(7)8/h16-19,21-23H,6-15H2,1-5H3;6-8H,2-5H2,1H3. The van der Waals surface area contributed by atoms with Gasteiger partial charge in [-0.25, -0.2) is 0 Å². The lowest BCUT2D eigenvalue weighted by Crippen LogP contribution is -2.41. The molecule has 5 nitrogen and oxygen atoms in total. The maximum atomic E-state index is 10.1. The molecule has 0 aliphatic rings. The van der Waals surface area contributed by atoms with Crippen LogP contribution in [0.25, 0.3) is 0 Å². The summed E-state index contributed by atoms with van der Waals surface area (Å²) in [6.45, 7) is 12.6. The van der Waals surface area contributed by atoms with Crippen molar-refractivity contribution >= 4 is 0 Å². The van der Waals surface area contributed by atoms with Crippen LogP contribution in [0.3, 0.4) is 0 Å². The summed E-state index contributed by atoms with van der Waals surface area (Å²) in [5.74, 6) is 2.32. The Bertz CT molecular complexity index is 371. The summed E-state index contributed by atoms with van der Waals surface area (Å²) in [6, 6.07) is 0. The van der Waals surface area contributed by atoms with Gasteiger partial charge in [0.05, 0.1) is 12.2 Å². The van der Waals surface area contributed by atoms with Crippen LogP contribution in [0.5, 0.6) is 0 Å². The first-order valence-corrected chi connectivity index (χ1v) is 12.8. The van der Waals surface area contributed by atoms with Gasteiger partial charge in [-0.1, -0.05) is 98.8 Å². The van der Waals surface area contributed by atoms with Gasteiger partial charge in [0.25, 0.3) is 0 Å². The summed E-state index contributed by atoms with van der Waals surface area (Å²) in [6.07, 6.45) is 12.0. The van der Waals surface area contributed by atoms with Crippen molar-refractivity contribution in [3.05, 3.63) is 0 Å². The summed E-state index contributed by atoms with van der Waals surface area (Å²) < 4.78 is 0. The highest BCUT2D eigenvalue weighted by Gasteiger charge is 2.29. The maximum absolute atomic E-state index is 10.1. The number of rotatable bonds is 18. The zero-order valence-electron chi connectivity index (χ0n) is 21.5. The zero-order chi connectivity index (χ0) is 24.3. The van der Waals surface area contributed by atoms with E-state index in [0.29, 0.717) is 18.8 Å². The third kappa shape index (κ3) is 22.8. The molecule has 0 fully saturated rings. The summed E-state index contributed by atoms with van der Waals surface area (Å²) in [5.41, 5.74) is -1.17. The van der Waals surface area contributed by atoms with E-state index in [1.807, 2.05) is 0 Å². The average molecular weight is 449 g/mol. The Morgan fingerprint density at radius 1 is 0.677 bits per heavy atom. The third-order valence-electron chi connectivity index (χ3n) is 6.21. The van der Waals surface area contributed by atoms with Crippen LogP contribution in [0.1, 0.15) is 125 Å².